The Morgan fingerprint density at radius 3 is 2.92 bits per heavy atom. The molecular formula is C12H17O. The first kappa shape index (κ1) is 10.3. The smallest absolute Gasteiger partial charge is 0.0690 e. The van der Waals surface area contributed by atoms with Crippen LogP contribution in [0.25, 0.3) is 0 Å². The highest BCUT2D eigenvalue weighted by molar-refractivity contribution is 5.25. The Bertz CT molecular complexity index is 243. The van der Waals surface area contributed by atoms with E-state index in [9.17, 15) is 0 Å². The summed E-state index contributed by atoms with van der Waals surface area (Å²) in [5, 5.41) is 9.04. The molecule has 1 aromatic rings. The first-order valence-electron chi connectivity index (χ1n) is 4.97. The van der Waals surface area contributed by atoms with E-state index in [1.54, 1.807) is 0 Å². The van der Waals surface area contributed by atoms with Gasteiger partial charge in [0.15, 0.2) is 0 Å². The van der Waals surface area contributed by atoms with Crippen molar-refractivity contribution in [1.82, 2.24) is 0 Å². The molecule has 1 radical (unpaired) electrons. The van der Waals surface area contributed by atoms with Crippen LogP contribution < -0.4 is 0 Å². The molecule has 0 aromatic heterocycles. The SMILES string of the molecule is CCCCCc1ccc[c]c1CO. The van der Waals surface area contributed by atoms with Crippen molar-refractivity contribution >= 4 is 0 Å². The molecule has 0 fully saturated rings. The average Bonchev–Trinajstić information content (AvgIpc) is 2.19. The van der Waals surface area contributed by atoms with E-state index in [4.69, 9.17) is 5.11 Å². The molecule has 0 atom stereocenters. The van der Waals surface area contributed by atoms with Crippen LogP contribution in [0, 0.1) is 6.07 Å². The van der Waals surface area contributed by atoms with Gasteiger partial charge in [-0.05, 0) is 30.0 Å². The molecule has 0 aliphatic heterocycles. The fraction of sp³-hybridized carbons (Fsp3) is 0.500. The van der Waals surface area contributed by atoms with Crippen molar-refractivity contribution in [2.24, 2.45) is 0 Å². The van der Waals surface area contributed by atoms with Crippen LogP contribution in [0.15, 0.2) is 18.2 Å². The maximum Gasteiger partial charge on any atom is 0.0690 e. The molecule has 13 heavy (non-hydrogen) atoms. The maximum absolute atomic E-state index is 9.04. The van der Waals surface area contributed by atoms with Gasteiger partial charge in [0.05, 0.1) is 6.61 Å². The van der Waals surface area contributed by atoms with Crippen molar-refractivity contribution in [3.63, 3.8) is 0 Å². The molecule has 1 heteroatoms. The molecule has 0 saturated heterocycles. The van der Waals surface area contributed by atoms with E-state index in [0.717, 1.165) is 12.0 Å². The number of rotatable bonds is 5. The molecule has 1 N–H and O–H groups in total. The predicted molar refractivity (Wildman–Crippen MR) is 54.4 cm³/mol. The predicted octanol–water partition coefficient (Wildman–Crippen LogP) is 2.71. The zero-order chi connectivity index (χ0) is 9.52. The Kier molecular flexibility index (Phi) is 4.55. The molecule has 0 bridgehead atoms. The number of aryl methyl sites for hydroxylation is 1. The minimum absolute atomic E-state index is 0.113. The lowest BCUT2D eigenvalue weighted by Crippen LogP contribution is -1.93. The summed E-state index contributed by atoms with van der Waals surface area (Å²) < 4.78 is 0. The monoisotopic (exact) mass is 177 g/mol. The number of unbranched alkanes of at least 4 members (excludes halogenated alkanes) is 2. The number of hydrogen-bond donors (Lipinski definition) is 1. The average molecular weight is 177 g/mol. The first-order chi connectivity index (χ1) is 6.38. The number of benzene rings is 1. The highest BCUT2D eigenvalue weighted by Gasteiger charge is 1.99. The summed E-state index contributed by atoms with van der Waals surface area (Å²) in [6.45, 7) is 2.31. The summed E-state index contributed by atoms with van der Waals surface area (Å²) in [6.07, 6.45) is 4.78. The van der Waals surface area contributed by atoms with Crippen LogP contribution in [0.4, 0.5) is 0 Å². The van der Waals surface area contributed by atoms with E-state index in [-0.39, 0.29) is 6.61 Å². The van der Waals surface area contributed by atoms with Crippen LogP contribution in [0.3, 0.4) is 0 Å². The second kappa shape index (κ2) is 5.76. The van der Waals surface area contributed by atoms with Gasteiger partial charge in [0.1, 0.15) is 0 Å². The quantitative estimate of drug-likeness (QED) is 0.686. The molecule has 0 spiro atoms. The van der Waals surface area contributed by atoms with Gasteiger partial charge in [-0.25, -0.2) is 0 Å². The lowest BCUT2D eigenvalue weighted by Gasteiger charge is -2.05. The Hall–Kier alpha value is -0.820. The lowest BCUT2D eigenvalue weighted by atomic mass is 10.0. The van der Waals surface area contributed by atoms with Crippen molar-refractivity contribution in [1.29, 1.82) is 0 Å². The molecule has 0 amide bonds. The van der Waals surface area contributed by atoms with Gasteiger partial charge in [-0.15, -0.1) is 0 Å². The Labute approximate surface area is 80.4 Å². The van der Waals surface area contributed by atoms with Crippen LogP contribution in [0.2, 0.25) is 0 Å². The minimum Gasteiger partial charge on any atom is -0.392 e. The van der Waals surface area contributed by atoms with Crippen LogP contribution in [-0.2, 0) is 13.0 Å². The summed E-state index contributed by atoms with van der Waals surface area (Å²) in [6, 6.07) is 8.99. The van der Waals surface area contributed by atoms with Crippen molar-refractivity contribution < 1.29 is 5.11 Å². The van der Waals surface area contributed by atoms with Gasteiger partial charge in [-0.3, -0.25) is 0 Å². The molecule has 1 aromatic carbocycles. The van der Waals surface area contributed by atoms with Gasteiger partial charge in [0.25, 0.3) is 0 Å². The van der Waals surface area contributed by atoms with Crippen LogP contribution in [0.1, 0.15) is 37.3 Å². The van der Waals surface area contributed by atoms with E-state index in [1.165, 1.54) is 24.8 Å². The fourth-order valence-electron chi connectivity index (χ4n) is 1.45. The maximum atomic E-state index is 9.04. The third kappa shape index (κ3) is 3.19. The minimum atomic E-state index is 0.113. The van der Waals surface area contributed by atoms with Gasteiger partial charge in [-0.1, -0.05) is 38.0 Å². The van der Waals surface area contributed by atoms with Crippen LogP contribution in [0.5, 0.6) is 0 Å². The molecule has 0 heterocycles. The normalized spacial score (nSPS) is 10.3. The topological polar surface area (TPSA) is 20.2 Å². The van der Waals surface area contributed by atoms with Crippen molar-refractivity contribution in [2.75, 3.05) is 0 Å². The zero-order valence-corrected chi connectivity index (χ0v) is 8.21. The molecule has 1 nitrogen and oxygen atoms in total. The number of aliphatic hydroxyl groups excluding tert-OH is 1. The summed E-state index contributed by atoms with van der Waals surface area (Å²) in [5.74, 6) is 0. The van der Waals surface area contributed by atoms with E-state index in [1.807, 2.05) is 12.1 Å². The molecule has 0 unspecified atom stereocenters. The molecular weight excluding hydrogens is 160 g/mol. The summed E-state index contributed by atoms with van der Waals surface area (Å²) in [5.41, 5.74) is 2.21. The second-order valence-electron chi connectivity index (χ2n) is 3.29. The third-order valence-electron chi connectivity index (χ3n) is 2.25. The Morgan fingerprint density at radius 2 is 2.23 bits per heavy atom. The van der Waals surface area contributed by atoms with Crippen molar-refractivity contribution in [2.45, 2.75) is 39.2 Å². The highest BCUT2D eigenvalue weighted by atomic mass is 16.3. The molecule has 1 rings (SSSR count). The van der Waals surface area contributed by atoms with Crippen molar-refractivity contribution in [3.05, 3.63) is 35.4 Å². The third-order valence-corrected chi connectivity index (χ3v) is 2.25. The second-order valence-corrected chi connectivity index (χ2v) is 3.29. The number of hydrogen-bond acceptors (Lipinski definition) is 1. The zero-order valence-electron chi connectivity index (χ0n) is 8.21. The van der Waals surface area contributed by atoms with E-state index >= 15 is 0 Å². The van der Waals surface area contributed by atoms with Gasteiger partial charge in [-0.2, -0.15) is 0 Å². The van der Waals surface area contributed by atoms with Crippen LogP contribution >= 0.6 is 0 Å². The van der Waals surface area contributed by atoms with E-state index < -0.39 is 0 Å². The lowest BCUT2D eigenvalue weighted by molar-refractivity contribution is 0.280. The summed E-state index contributed by atoms with van der Waals surface area (Å²) >= 11 is 0. The summed E-state index contributed by atoms with van der Waals surface area (Å²) in [4.78, 5) is 0. The van der Waals surface area contributed by atoms with Gasteiger partial charge < -0.3 is 5.11 Å². The fourth-order valence-corrected chi connectivity index (χ4v) is 1.45. The first-order valence-corrected chi connectivity index (χ1v) is 4.97. The van der Waals surface area contributed by atoms with Gasteiger partial charge in [0.2, 0.25) is 0 Å². The highest BCUT2D eigenvalue weighted by Crippen LogP contribution is 2.11. The molecule has 71 valence electrons. The summed E-state index contributed by atoms with van der Waals surface area (Å²) in [7, 11) is 0. The van der Waals surface area contributed by atoms with Crippen LogP contribution in [-0.4, -0.2) is 5.11 Å². The Morgan fingerprint density at radius 1 is 1.38 bits per heavy atom. The van der Waals surface area contributed by atoms with Gasteiger partial charge >= 0.3 is 0 Å². The molecule has 0 aliphatic carbocycles. The van der Waals surface area contributed by atoms with E-state index in [2.05, 4.69) is 19.1 Å². The molecule has 0 aliphatic rings. The van der Waals surface area contributed by atoms with Gasteiger partial charge in [0, 0.05) is 0 Å². The van der Waals surface area contributed by atoms with Crippen molar-refractivity contribution in [3.8, 4) is 0 Å². The van der Waals surface area contributed by atoms with E-state index in [0.29, 0.717) is 0 Å². The Balaban J connectivity index is 2.54. The largest absolute Gasteiger partial charge is 0.392 e. The number of aliphatic hydroxyl groups is 1. The molecule has 0 saturated carbocycles. The standard InChI is InChI=1S/C12H17O/c1-2-3-4-7-11-8-5-6-9-12(11)10-13/h5-6,8,13H,2-4,7,10H2,1H3.